The van der Waals surface area contributed by atoms with Crippen molar-refractivity contribution in [1.29, 1.82) is 0 Å². The molecule has 0 saturated heterocycles. The van der Waals surface area contributed by atoms with Crippen molar-refractivity contribution in [1.82, 2.24) is 4.90 Å². The lowest BCUT2D eigenvalue weighted by atomic mass is 10.3. The summed E-state index contributed by atoms with van der Waals surface area (Å²) in [6.45, 7) is 9.32. The smallest absolute Gasteiger partial charge is 0.0524 e. The minimum Gasteiger partial charge on any atom is -0.393 e. The van der Waals surface area contributed by atoms with Crippen LogP contribution in [0.25, 0.3) is 0 Å². The fraction of sp³-hybridized carbons (Fsp3) is 1.00. The van der Waals surface area contributed by atoms with Crippen LogP contribution in [0.3, 0.4) is 0 Å². The van der Waals surface area contributed by atoms with Gasteiger partial charge >= 0.3 is 0 Å². The van der Waals surface area contributed by atoms with Crippen molar-refractivity contribution < 1.29 is 5.11 Å². The molecule has 0 fully saturated rings. The summed E-state index contributed by atoms with van der Waals surface area (Å²) >= 11 is 0. The highest BCUT2D eigenvalue weighted by Gasteiger charge is 2.00. The number of rotatable bonds is 5. The average Bonchev–Trinajstić information content (AvgIpc) is 1.90. The van der Waals surface area contributed by atoms with Crippen molar-refractivity contribution in [2.24, 2.45) is 0 Å². The lowest BCUT2D eigenvalue weighted by Crippen LogP contribution is -2.26. The highest BCUT2D eigenvalue weighted by molar-refractivity contribution is 4.55. The first-order chi connectivity index (χ1) is 4.70. The molecule has 0 rings (SSSR count). The molecule has 0 aliphatic rings. The number of aliphatic hydroxyl groups excluding tert-OH is 1. The molecule has 0 radical (unpaired) electrons. The summed E-state index contributed by atoms with van der Waals surface area (Å²) in [5, 5.41) is 8.97. The van der Waals surface area contributed by atoms with Crippen molar-refractivity contribution in [2.45, 2.75) is 33.3 Å². The Morgan fingerprint density at radius 1 is 1.30 bits per heavy atom. The van der Waals surface area contributed by atoms with Crippen molar-refractivity contribution >= 4 is 0 Å². The number of aliphatic hydroxyl groups is 1. The monoisotopic (exact) mass is 145 g/mol. The molecule has 0 aliphatic carbocycles. The molecule has 0 aliphatic heterocycles. The molecule has 0 saturated carbocycles. The highest BCUT2D eigenvalue weighted by atomic mass is 16.3. The van der Waals surface area contributed by atoms with E-state index in [0.29, 0.717) is 0 Å². The van der Waals surface area contributed by atoms with Gasteiger partial charge in [0.05, 0.1) is 6.10 Å². The van der Waals surface area contributed by atoms with Gasteiger partial charge in [-0.05, 0) is 26.4 Å². The van der Waals surface area contributed by atoms with Gasteiger partial charge < -0.3 is 10.0 Å². The Hall–Kier alpha value is -0.0800. The molecule has 2 nitrogen and oxygen atoms in total. The summed E-state index contributed by atoms with van der Waals surface area (Å²) < 4.78 is 0. The molecule has 62 valence electrons. The molecule has 0 aromatic carbocycles. The van der Waals surface area contributed by atoms with Crippen LogP contribution >= 0.6 is 0 Å². The molecule has 0 aromatic rings. The Kier molecular flexibility index (Phi) is 5.64. The van der Waals surface area contributed by atoms with Crippen LogP contribution in [0.1, 0.15) is 27.2 Å². The third-order valence-corrected chi connectivity index (χ3v) is 1.76. The van der Waals surface area contributed by atoms with Gasteiger partial charge in [-0.2, -0.15) is 0 Å². The largest absolute Gasteiger partial charge is 0.393 e. The highest BCUT2D eigenvalue weighted by Crippen LogP contribution is 1.94. The van der Waals surface area contributed by atoms with Crippen LogP contribution in [0.5, 0.6) is 0 Å². The van der Waals surface area contributed by atoms with E-state index in [0.717, 1.165) is 26.1 Å². The molecule has 1 N–H and O–H groups in total. The van der Waals surface area contributed by atoms with E-state index in [-0.39, 0.29) is 6.10 Å². The van der Waals surface area contributed by atoms with E-state index in [4.69, 9.17) is 5.11 Å². The molecule has 0 spiro atoms. The van der Waals surface area contributed by atoms with Gasteiger partial charge in [0.25, 0.3) is 0 Å². The fourth-order valence-electron chi connectivity index (χ4n) is 0.909. The lowest BCUT2D eigenvalue weighted by molar-refractivity contribution is 0.160. The Labute approximate surface area is 63.8 Å². The van der Waals surface area contributed by atoms with Crippen LogP contribution in [0.15, 0.2) is 0 Å². The predicted octanol–water partition coefficient (Wildman–Crippen LogP) is 1.10. The van der Waals surface area contributed by atoms with E-state index in [1.807, 2.05) is 6.92 Å². The van der Waals surface area contributed by atoms with Crippen molar-refractivity contribution in [3.8, 4) is 0 Å². The molecule has 0 heterocycles. The van der Waals surface area contributed by atoms with Gasteiger partial charge in [-0.15, -0.1) is 0 Å². The second-order valence-corrected chi connectivity index (χ2v) is 2.66. The molecular formula is C8H19NO. The molecule has 10 heavy (non-hydrogen) atoms. The Morgan fingerprint density at radius 3 is 2.10 bits per heavy atom. The van der Waals surface area contributed by atoms with E-state index in [9.17, 15) is 0 Å². The Balaban J connectivity index is 3.26. The zero-order valence-electron chi connectivity index (χ0n) is 7.30. The van der Waals surface area contributed by atoms with Crippen LogP contribution in [0.2, 0.25) is 0 Å². The van der Waals surface area contributed by atoms with Gasteiger partial charge in [0.15, 0.2) is 0 Å². The number of nitrogens with zero attached hydrogens (tertiary/aromatic N) is 1. The van der Waals surface area contributed by atoms with E-state index >= 15 is 0 Å². The number of hydrogen-bond acceptors (Lipinski definition) is 2. The average molecular weight is 145 g/mol. The lowest BCUT2D eigenvalue weighted by Gasteiger charge is -2.18. The minimum atomic E-state index is -0.152. The molecule has 0 unspecified atom stereocenters. The first kappa shape index (κ1) is 9.92. The molecular weight excluding hydrogens is 126 g/mol. The zero-order valence-corrected chi connectivity index (χ0v) is 7.30. The van der Waals surface area contributed by atoms with Crippen molar-refractivity contribution in [2.75, 3.05) is 19.6 Å². The van der Waals surface area contributed by atoms with E-state index in [1.165, 1.54) is 0 Å². The van der Waals surface area contributed by atoms with Gasteiger partial charge in [-0.3, -0.25) is 0 Å². The summed E-state index contributed by atoms with van der Waals surface area (Å²) in [5.41, 5.74) is 0. The quantitative estimate of drug-likeness (QED) is 0.626. The third kappa shape index (κ3) is 4.77. The summed E-state index contributed by atoms with van der Waals surface area (Å²) in [5.74, 6) is 0. The summed E-state index contributed by atoms with van der Waals surface area (Å²) in [6.07, 6.45) is 0.738. The zero-order chi connectivity index (χ0) is 7.98. The molecule has 0 amide bonds. The second kappa shape index (κ2) is 5.69. The van der Waals surface area contributed by atoms with E-state index in [2.05, 4.69) is 18.7 Å². The van der Waals surface area contributed by atoms with Crippen LogP contribution in [-0.4, -0.2) is 35.7 Å². The van der Waals surface area contributed by atoms with Crippen LogP contribution in [0.4, 0.5) is 0 Å². The molecule has 0 aromatic heterocycles. The normalized spacial score (nSPS) is 14.1. The first-order valence-corrected chi connectivity index (χ1v) is 4.11. The Morgan fingerprint density at radius 2 is 1.80 bits per heavy atom. The van der Waals surface area contributed by atoms with Gasteiger partial charge in [0.1, 0.15) is 0 Å². The maximum atomic E-state index is 8.97. The second-order valence-electron chi connectivity index (χ2n) is 2.66. The molecule has 1 atom stereocenters. The number of hydrogen-bond donors (Lipinski definition) is 1. The van der Waals surface area contributed by atoms with Gasteiger partial charge in [0, 0.05) is 6.54 Å². The Bertz CT molecular complexity index is 69.7. The van der Waals surface area contributed by atoms with Crippen LogP contribution in [0, 0.1) is 0 Å². The molecule has 0 bridgehead atoms. The molecule has 2 heteroatoms. The maximum absolute atomic E-state index is 8.97. The fourth-order valence-corrected chi connectivity index (χ4v) is 0.909. The summed E-state index contributed by atoms with van der Waals surface area (Å²) in [7, 11) is 0. The van der Waals surface area contributed by atoms with Crippen molar-refractivity contribution in [3.63, 3.8) is 0 Å². The van der Waals surface area contributed by atoms with Crippen LogP contribution in [-0.2, 0) is 0 Å². The predicted molar refractivity (Wildman–Crippen MR) is 44.1 cm³/mol. The van der Waals surface area contributed by atoms with Gasteiger partial charge in [-0.25, -0.2) is 0 Å². The van der Waals surface area contributed by atoms with E-state index < -0.39 is 0 Å². The minimum absolute atomic E-state index is 0.152. The van der Waals surface area contributed by atoms with Crippen molar-refractivity contribution in [3.05, 3.63) is 0 Å². The summed E-state index contributed by atoms with van der Waals surface area (Å²) in [4.78, 5) is 2.31. The first-order valence-electron chi connectivity index (χ1n) is 4.11. The van der Waals surface area contributed by atoms with Gasteiger partial charge in [0.2, 0.25) is 0 Å². The summed E-state index contributed by atoms with van der Waals surface area (Å²) in [6, 6.07) is 0. The maximum Gasteiger partial charge on any atom is 0.0524 e. The topological polar surface area (TPSA) is 23.5 Å². The van der Waals surface area contributed by atoms with Crippen LogP contribution < -0.4 is 0 Å². The third-order valence-electron chi connectivity index (χ3n) is 1.76. The van der Waals surface area contributed by atoms with E-state index in [1.54, 1.807) is 0 Å². The SMILES string of the molecule is CCN(CC)CC[C@@H](C)O. The standard InChI is InChI=1S/C8H19NO/c1-4-9(5-2)7-6-8(3)10/h8,10H,4-7H2,1-3H3/t8-/m1/s1. The van der Waals surface area contributed by atoms with Gasteiger partial charge in [-0.1, -0.05) is 13.8 Å².